The Bertz CT molecular complexity index is 7430. The number of methoxy groups -OCH3 is 1. The minimum Gasteiger partial charge on any atom is -0.497 e. The largest absolute Gasteiger partial charge is 0.497 e. The van der Waals surface area contributed by atoms with Crippen molar-refractivity contribution in [3.63, 3.8) is 0 Å². The van der Waals surface area contributed by atoms with Gasteiger partial charge in [0.2, 0.25) is 41.4 Å². The van der Waals surface area contributed by atoms with Gasteiger partial charge < -0.3 is 33.8 Å². The quantitative estimate of drug-likeness (QED) is 0.0603. The number of halogens is 8. The molecular formula is C103H84F8N22O9S. The number of fused-ring (bicyclic) bond motifs is 1. The minimum absolute atomic E-state index is 0.0154. The average molecular weight is 1960 g/mol. The van der Waals surface area contributed by atoms with Crippen molar-refractivity contribution in [2.24, 2.45) is 0 Å². The number of nitrogens with zero attached hydrogens (tertiary/aromatic N) is 22. The van der Waals surface area contributed by atoms with E-state index in [1.807, 2.05) is 35.2 Å². The third-order valence-electron chi connectivity index (χ3n) is 23.9. The van der Waals surface area contributed by atoms with E-state index >= 15 is 0 Å². The standard InChI is InChI=1S/C28H23F2N5O2.C27H23F2N5O3.C25H20F2N6O2.C23H18F2N6O2S/c29-21-9-5-19(6-10-21)27-31-28(20-7-11-22(30)12-8-20)35(32-27)17-25(36)34-15-13-18(14-16-34)26-23-3-1-2-4-24(23)37-33-26;1-37-23-4-2-3-22(15-23)33-14-13-32(16-25(33)36)24(35)17-34-27(19-7-11-21(29)12-8-19)30-26(31-34)18-5-9-20(28)10-6-18;26-19-8-4-17(5-9-19)24-29-25(18-6-10-20(27)11-7-18)33(30-24)16-22(34)31-13-14-32(23(35)15-31)21-3-1-2-12-28-21;24-17-5-1-15(2-6-17)21-27-22(16-3-7-18(25)8-4-16)31(28-21)14-19(32)29-10-11-30(20(33)13-29)23-26-9-12-34-23/h1-12,18H,13-17H2;2-12,15H,13-14,16-17H2,1H3;1-12H,13-16H2;1-9,12H,10-11,13-14H2. The van der Waals surface area contributed by atoms with Crippen molar-refractivity contribution in [2.45, 2.75) is 44.9 Å². The first-order valence-corrected chi connectivity index (χ1v) is 46.0. The predicted molar refractivity (Wildman–Crippen MR) is 512 cm³/mol. The maximum Gasteiger partial charge on any atom is 0.248 e. The molecule has 0 spiro atoms. The van der Waals surface area contributed by atoms with Crippen LogP contribution < -0.4 is 19.4 Å². The van der Waals surface area contributed by atoms with E-state index < -0.39 is 34.9 Å². The van der Waals surface area contributed by atoms with Gasteiger partial charge in [-0.3, -0.25) is 43.4 Å². The number of amides is 7. The number of likely N-dealkylation sites (tertiary alicyclic amines) is 1. The Balaban J connectivity index is 0.000000126. The fraction of sp³-hybridized carbons (Fsp3) is 0.184. The van der Waals surface area contributed by atoms with Gasteiger partial charge in [0.05, 0.1) is 12.8 Å². The Labute approximate surface area is 814 Å². The lowest BCUT2D eigenvalue weighted by molar-refractivity contribution is -0.137. The first-order valence-electron chi connectivity index (χ1n) is 45.1. The molecule has 4 fully saturated rings. The molecule has 11 heterocycles. The van der Waals surface area contributed by atoms with Crippen LogP contribution in [0, 0.1) is 46.5 Å². The summed E-state index contributed by atoms with van der Waals surface area (Å²) in [6.07, 6.45) is 4.81. The first kappa shape index (κ1) is 95.8. The molecule has 0 unspecified atom stereocenters. The first-order chi connectivity index (χ1) is 69.4. The Morgan fingerprint density at radius 1 is 0.357 bits per heavy atom. The maximum atomic E-state index is 13.5. The van der Waals surface area contributed by atoms with E-state index in [4.69, 9.17) is 9.26 Å². The molecule has 31 nitrogen and oxygen atoms in total. The van der Waals surface area contributed by atoms with Gasteiger partial charge in [0, 0.05) is 138 Å². The SMILES string of the molecule is COc1cccc(N2CCN(C(=O)Cn3nc(-c4ccc(F)cc4)nc3-c3ccc(F)cc3)CC2=O)c1.O=C(Cn1nc(-c2ccc(F)cc2)nc1-c1ccc(F)cc1)N1CCC(c2noc3ccccc23)CC1.O=C(Cn1nc(-c2ccc(F)cc2)nc1-c1ccc(F)cc1)N1CCN(c2ccccn2)C(=O)C1.O=C(Cn1nc(-c2ccc(F)cc2)nc1-c1ccc(F)cc1)N1CCN(c2nccs2)C(=O)C1. The summed E-state index contributed by atoms with van der Waals surface area (Å²) >= 11 is 1.37. The molecule has 7 aromatic heterocycles. The van der Waals surface area contributed by atoms with Gasteiger partial charge in [-0.15, -0.1) is 31.7 Å². The smallest absolute Gasteiger partial charge is 0.248 e. The van der Waals surface area contributed by atoms with Gasteiger partial charge in [0.15, 0.2) is 57.3 Å². The molecule has 4 aliphatic heterocycles. The molecule has 21 rings (SSSR count). The van der Waals surface area contributed by atoms with E-state index in [9.17, 15) is 68.7 Å². The van der Waals surface area contributed by atoms with Crippen molar-refractivity contribution < 1.29 is 77.9 Å². The van der Waals surface area contributed by atoms with Crippen molar-refractivity contribution in [1.82, 2.24) is 93.8 Å². The van der Waals surface area contributed by atoms with Crippen molar-refractivity contribution in [3.8, 4) is 96.9 Å². The number of piperazine rings is 3. The highest BCUT2D eigenvalue weighted by atomic mass is 32.1. The zero-order chi connectivity index (χ0) is 99.3. The zero-order valence-electron chi connectivity index (χ0n) is 76.1. The molecule has 0 aliphatic carbocycles. The normalized spacial score (nSPS) is 14.0. The Morgan fingerprint density at radius 3 is 1.04 bits per heavy atom. The van der Waals surface area contributed by atoms with Crippen LogP contribution in [0.15, 0.2) is 283 Å². The molecule has 143 heavy (non-hydrogen) atoms. The van der Waals surface area contributed by atoms with E-state index in [0.29, 0.717) is 166 Å². The van der Waals surface area contributed by atoms with Crippen LogP contribution in [0.3, 0.4) is 0 Å². The molecule has 0 saturated carbocycles. The second-order valence-corrected chi connectivity index (χ2v) is 34.1. The third kappa shape index (κ3) is 22.8. The number of anilines is 3. The Hall–Kier alpha value is -17.5. The van der Waals surface area contributed by atoms with E-state index in [1.54, 1.807) is 173 Å². The number of carbonyl (C=O) groups is 7. The van der Waals surface area contributed by atoms with Crippen LogP contribution in [0.25, 0.3) is 102 Å². The second-order valence-electron chi connectivity index (χ2n) is 33.2. The van der Waals surface area contributed by atoms with Crippen LogP contribution in [0.4, 0.5) is 51.8 Å². The zero-order valence-corrected chi connectivity index (χ0v) is 76.9. The number of aromatic nitrogens is 15. The van der Waals surface area contributed by atoms with Gasteiger partial charge in [-0.25, -0.2) is 83.8 Å². The molecule has 17 aromatic rings. The number of hydrogen-bond acceptors (Lipinski definition) is 21. The van der Waals surface area contributed by atoms with Crippen LogP contribution in [-0.4, -0.2) is 214 Å². The van der Waals surface area contributed by atoms with Crippen molar-refractivity contribution in [2.75, 3.05) is 93.8 Å². The second kappa shape index (κ2) is 43.3. The van der Waals surface area contributed by atoms with Gasteiger partial charge in [0.1, 0.15) is 104 Å². The van der Waals surface area contributed by atoms with Gasteiger partial charge in [-0.1, -0.05) is 29.4 Å². The summed E-state index contributed by atoms with van der Waals surface area (Å²) in [5, 5.41) is 25.7. The molecule has 4 saturated heterocycles. The predicted octanol–water partition coefficient (Wildman–Crippen LogP) is 15.6. The van der Waals surface area contributed by atoms with Gasteiger partial charge in [-0.2, -0.15) is 0 Å². The number of ether oxygens (including phenoxy) is 1. The van der Waals surface area contributed by atoms with Crippen LogP contribution in [-0.2, 0) is 59.7 Å². The molecular weight excluding hydrogens is 1870 g/mol. The topological polar surface area (TPSA) is 326 Å². The number of carbonyl (C=O) groups excluding carboxylic acids is 7. The number of thiazole rings is 1. The summed E-state index contributed by atoms with van der Waals surface area (Å²) in [5.74, 6) is -0.578. The van der Waals surface area contributed by atoms with Crippen LogP contribution in [0.5, 0.6) is 5.75 Å². The maximum absolute atomic E-state index is 13.5. The molecule has 722 valence electrons. The molecule has 0 atom stereocenters. The summed E-state index contributed by atoms with van der Waals surface area (Å²) in [4.78, 5) is 128. The van der Waals surface area contributed by atoms with Crippen LogP contribution in [0.2, 0.25) is 0 Å². The number of hydrogen-bond donors (Lipinski definition) is 0. The summed E-state index contributed by atoms with van der Waals surface area (Å²) < 4.78 is 124. The highest BCUT2D eigenvalue weighted by molar-refractivity contribution is 7.13. The van der Waals surface area contributed by atoms with Crippen LogP contribution >= 0.6 is 11.3 Å². The van der Waals surface area contributed by atoms with Crippen molar-refractivity contribution in [3.05, 3.63) is 331 Å². The third-order valence-corrected chi connectivity index (χ3v) is 24.7. The summed E-state index contributed by atoms with van der Waals surface area (Å²) in [6.45, 7) is 2.48. The summed E-state index contributed by atoms with van der Waals surface area (Å²) in [5.41, 5.74) is 7.08. The fourth-order valence-electron chi connectivity index (χ4n) is 16.5. The molecule has 7 amide bonds. The van der Waals surface area contributed by atoms with Crippen molar-refractivity contribution >= 4 is 80.3 Å². The number of benzene rings is 10. The van der Waals surface area contributed by atoms with Gasteiger partial charge >= 0.3 is 0 Å². The highest BCUT2D eigenvalue weighted by Crippen LogP contribution is 2.36. The molecule has 0 N–H and O–H groups in total. The van der Waals surface area contributed by atoms with E-state index in [2.05, 4.69) is 55.5 Å². The van der Waals surface area contributed by atoms with E-state index in [1.165, 1.54) is 142 Å². The van der Waals surface area contributed by atoms with Crippen LogP contribution in [0.1, 0.15) is 24.5 Å². The Kier molecular flexibility index (Phi) is 29.0. The Morgan fingerprint density at radius 2 is 0.699 bits per heavy atom. The molecule has 0 bridgehead atoms. The van der Waals surface area contributed by atoms with E-state index in [0.717, 1.165) is 29.5 Å². The average Bonchev–Trinajstić information content (AvgIpc) is 1.68. The number of rotatable bonds is 21. The summed E-state index contributed by atoms with van der Waals surface area (Å²) in [6, 6.07) is 66.1. The highest BCUT2D eigenvalue weighted by Gasteiger charge is 2.36. The monoisotopic (exact) mass is 1960 g/mol. The number of para-hydroxylation sites is 1. The number of pyridine rings is 1. The molecule has 40 heteroatoms. The van der Waals surface area contributed by atoms with Crippen molar-refractivity contribution in [1.29, 1.82) is 0 Å². The lowest BCUT2D eigenvalue weighted by Crippen LogP contribution is -2.53. The molecule has 0 radical (unpaired) electrons. The fourth-order valence-corrected chi connectivity index (χ4v) is 17.2. The minimum atomic E-state index is -0.405. The molecule has 4 aliphatic rings. The number of piperidine rings is 1. The molecule has 10 aromatic carbocycles. The van der Waals surface area contributed by atoms with Gasteiger partial charge in [0.25, 0.3) is 0 Å². The lowest BCUT2D eigenvalue weighted by atomic mass is 9.91. The van der Waals surface area contributed by atoms with Gasteiger partial charge in [-0.05, 0) is 243 Å². The lowest BCUT2D eigenvalue weighted by Gasteiger charge is -2.34. The summed E-state index contributed by atoms with van der Waals surface area (Å²) in [7, 11) is 1.56. The van der Waals surface area contributed by atoms with E-state index in [-0.39, 0.29) is 105 Å².